The summed E-state index contributed by atoms with van der Waals surface area (Å²) in [6, 6.07) is 9.01. The zero-order valence-electron chi connectivity index (χ0n) is 13.9. The number of amides is 2. The summed E-state index contributed by atoms with van der Waals surface area (Å²) in [4.78, 5) is 25.8. The summed E-state index contributed by atoms with van der Waals surface area (Å²) < 4.78 is 5.31. The molecular weight excluding hydrogens is 310 g/mol. The van der Waals surface area contributed by atoms with Gasteiger partial charge in [0.25, 0.3) is 0 Å². The van der Waals surface area contributed by atoms with Gasteiger partial charge < -0.3 is 25.4 Å². The highest BCUT2D eigenvalue weighted by atomic mass is 16.6. The molecule has 0 aromatic heterocycles. The lowest BCUT2D eigenvalue weighted by atomic mass is 10.1. The first-order chi connectivity index (χ1) is 11.6. The zero-order chi connectivity index (χ0) is 17.4. The van der Waals surface area contributed by atoms with E-state index in [9.17, 15) is 9.59 Å². The van der Waals surface area contributed by atoms with Crippen LogP contribution in [0, 0.1) is 5.92 Å². The molecule has 0 spiro atoms. The van der Waals surface area contributed by atoms with Crippen LogP contribution in [0.4, 0.5) is 4.79 Å². The predicted octanol–water partition coefficient (Wildman–Crippen LogP) is 0.342. The van der Waals surface area contributed by atoms with Crippen molar-refractivity contribution in [2.75, 3.05) is 32.8 Å². The maximum atomic E-state index is 12.2. The van der Waals surface area contributed by atoms with Gasteiger partial charge in [0.2, 0.25) is 5.91 Å². The van der Waals surface area contributed by atoms with Gasteiger partial charge in [0, 0.05) is 32.8 Å². The normalized spacial score (nSPS) is 18.8. The first-order valence-electron chi connectivity index (χ1n) is 8.17. The molecule has 2 rings (SSSR count). The molecule has 1 aromatic carbocycles. The predicted molar refractivity (Wildman–Crippen MR) is 89.3 cm³/mol. The van der Waals surface area contributed by atoms with Crippen LogP contribution in [0.1, 0.15) is 12.5 Å². The molecule has 132 valence electrons. The molecule has 1 saturated heterocycles. The fraction of sp³-hybridized carbons (Fsp3) is 0.529. The van der Waals surface area contributed by atoms with Gasteiger partial charge in [-0.25, -0.2) is 4.79 Å². The molecule has 0 aliphatic carbocycles. The van der Waals surface area contributed by atoms with E-state index in [1.807, 2.05) is 37.3 Å². The fourth-order valence-electron chi connectivity index (χ4n) is 2.36. The number of hydrogen-bond acceptors (Lipinski definition) is 5. The third kappa shape index (κ3) is 5.50. The lowest BCUT2D eigenvalue weighted by Gasteiger charge is -2.32. The summed E-state index contributed by atoms with van der Waals surface area (Å²) in [5.74, 6) is -0.166. The van der Waals surface area contributed by atoms with E-state index < -0.39 is 12.1 Å². The highest BCUT2D eigenvalue weighted by Gasteiger charge is 2.28. The van der Waals surface area contributed by atoms with Gasteiger partial charge in [-0.05, 0) is 11.5 Å². The SMILES string of the molecule is CC(CO)CNC(=O)C1CN(C(=O)OCc2ccccc2)CCN1. The summed E-state index contributed by atoms with van der Waals surface area (Å²) in [5.41, 5.74) is 0.924. The molecule has 2 amide bonds. The number of benzene rings is 1. The van der Waals surface area contributed by atoms with E-state index >= 15 is 0 Å². The number of hydrogen-bond donors (Lipinski definition) is 3. The summed E-state index contributed by atoms with van der Waals surface area (Å²) in [5, 5.41) is 14.9. The lowest BCUT2D eigenvalue weighted by molar-refractivity contribution is -0.124. The van der Waals surface area contributed by atoms with Gasteiger partial charge in [0.05, 0.1) is 0 Å². The molecule has 3 N–H and O–H groups in total. The summed E-state index contributed by atoms with van der Waals surface area (Å²) in [6.45, 7) is 3.81. The summed E-state index contributed by atoms with van der Waals surface area (Å²) in [6.07, 6.45) is -0.415. The number of nitrogens with zero attached hydrogens (tertiary/aromatic N) is 1. The number of rotatable bonds is 6. The Morgan fingerprint density at radius 3 is 2.88 bits per heavy atom. The zero-order valence-corrected chi connectivity index (χ0v) is 13.9. The molecule has 1 fully saturated rings. The van der Waals surface area contributed by atoms with Crippen molar-refractivity contribution >= 4 is 12.0 Å². The average molecular weight is 335 g/mol. The van der Waals surface area contributed by atoms with E-state index in [0.29, 0.717) is 19.6 Å². The van der Waals surface area contributed by atoms with Crippen LogP contribution in [0.2, 0.25) is 0 Å². The maximum Gasteiger partial charge on any atom is 0.410 e. The minimum absolute atomic E-state index is 0.00415. The number of carbonyl (C=O) groups is 2. The molecule has 0 saturated carbocycles. The molecule has 0 bridgehead atoms. The molecule has 1 aliphatic rings. The van der Waals surface area contributed by atoms with Crippen molar-refractivity contribution in [2.24, 2.45) is 5.92 Å². The number of aliphatic hydroxyl groups excluding tert-OH is 1. The number of aliphatic hydroxyl groups is 1. The lowest BCUT2D eigenvalue weighted by Crippen LogP contribution is -2.58. The Bertz CT molecular complexity index is 538. The third-order valence-corrected chi connectivity index (χ3v) is 3.89. The minimum Gasteiger partial charge on any atom is -0.445 e. The quantitative estimate of drug-likeness (QED) is 0.697. The second kappa shape index (κ2) is 9.24. The van der Waals surface area contributed by atoms with E-state index in [1.54, 1.807) is 4.90 Å². The first kappa shape index (κ1) is 18.2. The van der Waals surface area contributed by atoms with Crippen molar-refractivity contribution in [1.82, 2.24) is 15.5 Å². The highest BCUT2D eigenvalue weighted by molar-refractivity contribution is 5.83. The van der Waals surface area contributed by atoms with E-state index in [4.69, 9.17) is 9.84 Å². The number of nitrogens with one attached hydrogen (secondary N) is 2. The van der Waals surface area contributed by atoms with Gasteiger partial charge in [0.1, 0.15) is 12.6 Å². The van der Waals surface area contributed by atoms with Crippen LogP contribution in [0.15, 0.2) is 30.3 Å². The molecule has 7 heteroatoms. The molecule has 7 nitrogen and oxygen atoms in total. The van der Waals surface area contributed by atoms with E-state index in [2.05, 4.69) is 10.6 Å². The van der Waals surface area contributed by atoms with Gasteiger partial charge in [0.15, 0.2) is 0 Å². The number of piperazine rings is 1. The fourth-order valence-corrected chi connectivity index (χ4v) is 2.36. The van der Waals surface area contributed by atoms with Gasteiger partial charge >= 0.3 is 6.09 Å². The first-order valence-corrected chi connectivity index (χ1v) is 8.17. The monoisotopic (exact) mass is 335 g/mol. The van der Waals surface area contributed by atoms with Crippen LogP contribution in [-0.2, 0) is 16.1 Å². The Morgan fingerprint density at radius 1 is 1.42 bits per heavy atom. The van der Waals surface area contributed by atoms with Crippen molar-refractivity contribution in [3.8, 4) is 0 Å². The second-order valence-corrected chi connectivity index (χ2v) is 6.03. The van der Waals surface area contributed by atoms with Gasteiger partial charge in [-0.3, -0.25) is 4.79 Å². The molecule has 2 atom stereocenters. The topological polar surface area (TPSA) is 90.9 Å². The van der Waals surface area contributed by atoms with Crippen LogP contribution in [0.5, 0.6) is 0 Å². The van der Waals surface area contributed by atoms with Crippen LogP contribution in [0.25, 0.3) is 0 Å². The Labute approximate surface area is 142 Å². The summed E-state index contributed by atoms with van der Waals surface area (Å²) >= 11 is 0. The van der Waals surface area contributed by atoms with E-state index in [1.165, 1.54) is 0 Å². The van der Waals surface area contributed by atoms with Crippen molar-refractivity contribution in [2.45, 2.75) is 19.6 Å². The van der Waals surface area contributed by atoms with Crippen LogP contribution in [-0.4, -0.2) is 60.8 Å². The van der Waals surface area contributed by atoms with Crippen molar-refractivity contribution < 1.29 is 19.4 Å². The summed E-state index contributed by atoms with van der Waals surface area (Å²) in [7, 11) is 0. The Morgan fingerprint density at radius 2 is 2.17 bits per heavy atom. The van der Waals surface area contributed by atoms with E-state index in [0.717, 1.165) is 5.56 Å². The Kier molecular flexibility index (Phi) is 7.02. The van der Waals surface area contributed by atoms with E-state index in [-0.39, 0.29) is 31.6 Å². The van der Waals surface area contributed by atoms with Crippen LogP contribution < -0.4 is 10.6 Å². The van der Waals surface area contributed by atoms with Gasteiger partial charge in [-0.1, -0.05) is 37.3 Å². The van der Waals surface area contributed by atoms with Gasteiger partial charge in [-0.2, -0.15) is 0 Å². The largest absolute Gasteiger partial charge is 0.445 e. The Balaban J connectivity index is 1.79. The maximum absolute atomic E-state index is 12.2. The van der Waals surface area contributed by atoms with Crippen LogP contribution in [0.3, 0.4) is 0 Å². The molecule has 2 unspecified atom stereocenters. The van der Waals surface area contributed by atoms with Crippen LogP contribution >= 0.6 is 0 Å². The Hall–Kier alpha value is -2.12. The average Bonchev–Trinajstić information content (AvgIpc) is 2.64. The van der Waals surface area contributed by atoms with Gasteiger partial charge in [-0.15, -0.1) is 0 Å². The molecule has 1 heterocycles. The highest BCUT2D eigenvalue weighted by Crippen LogP contribution is 2.06. The van der Waals surface area contributed by atoms with Crippen molar-refractivity contribution in [3.05, 3.63) is 35.9 Å². The molecule has 0 radical (unpaired) electrons. The molecule has 1 aromatic rings. The van der Waals surface area contributed by atoms with Crippen molar-refractivity contribution in [3.63, 3.8) is 0 Å². The molecule has 1 aliphatic heterocycles. The molecule has 24 heavy (non-hydrogen) atoms. The standard InChI is InChI=1S/C17H25N3O4/c1-13(11-21)9-19-16(22)15-10-20(8-7-18-15)17(23)24-12-14-5-3-2-4-6-14/h2-6,13,15,18,21H,7-12H2,1H3,(H,19,22). The number of carbonyl (C=O) groups excluding carboxylic acids is 2. The van der Waals surface area contributed by atoms with Crippen molar-refractivity contribution in [1.29, 1.82) is 0 Å². The number of ether oxygens (including phenoxy) is 1. The molecular formula is C17H25N3O4. The minimum atomic E-state index is -0.464. The third-order valence-electron chi connectivity index (χ3n) is 3.89. The smallest absolute Gasteiger partial charge is 0.410 e. The second-order valence-electron chi connectivity index (χ2n) is 6.03.